The van der Waals surface area contributed by atoms with Gasteiger partial charge in [0, 0.05) is 51.8 Å². The van der Waals surface area contributed by atoms with Crippen molar-refractivity contribution in [2.75, 3.05) is 9.80 Å². The SMILES string of the molecule is c1ccc(-c2ccc(N(c3ccc(-c4cccc5c4sc4ccccc45)cc3)c3cc(N4c5ccccc5Sc5ccccc54)cc(-n4c5ccccc5c5ccccc54)c3)c3ccccc23)cc1. The predicted molar refractivity (Wildman–Crippen MR) is 296 cm³/mol. The van der Waals surface area contributed by atoms with Crippen molar-refractivity contribution in [3.63, 3.8) is 0 Å². The van der Waals surface area contributed by atoms with E-state index in [1.165, 1.54) is 84.8 Å². The topological polar surface area (TPSA) is 11.4 Å². The fourth-order valence-corrected chi connectivity index (χ4v) is 13.0. The summed E-state index contributed by atoms with van der Waals surface area (Å²) in [6, 6.07) is 91.5. The van der Waals surface area contributed by atoms with Crippen molar-refractivity contribution in [2.45, 2.75) is 9.79 Å². The van der Waals surface area contributed by atoms with E-state index in [4.69, 9.17) is 0 Å². The second-order valence-corrected chi connectivity index (χ2v) is 19.8. The maximum absolute atomic E-state index is 2.48. The standard InChI is InChI=1S/C64H41N3S2/c1-2-17-42(18-3-1)48-37-38-58(51-20-5-4-19-50(48)51)65(44-35-33-43(34-36-44)49-24-16-25-55-54-23-8-13-30-61(54)69-64(49)55)45-39-46(66-56-26-9-6-21-52(56)53-22-7-10-27-57(53)66)41-47(40-45)67-59-28-11-14-31-62(59)68-63-32-15-12-29-60(63)67/h1-41H. The molecule has 0 atom stereocenters. The Morgan fingerprint density at radius 1 is 0.348 bits per heavy atom. The number of para-hydroxylation sites is 4. The lowest BCUT2D eigenvalue weighted by atomic mass is 9.96. The molecule has 3 heterocycles. The first-order valence-corrected chi connectivity index (χ1v) is 25.0. The first-order chi connectivity index (χ1) is 34.2. The van der Waals surface area contributed by atoms with Crippen LogP contribution >= 0.6 is 23.1 Å². The number of rotatable bonds is 7. The largest absolute Gasteiger partial charge is 0.310 e. The summed E-state index contributed by atoms with van der Waals surface area (Å²) in [6.45, 7) is 0. The Hall–Kier alpha value is -8.35. The van der Waals surface area contributed by atoms with Crippen LogP contribution in [0.25, 0.3) is 80.7 Å². The summed E-state index contributed by atoms with van der Waals surface area (Å²) in [7, 11) is 0. The van der Waals surface area contributed by atoms with Gasteiger partial charge in [0.15, 0.2) is 0 Å². The van der Waals surface area contributed by atoms with Gasteiger partial charge in [-0.15, -0.1) is 11.3 Å². The number of nitrogens with zero attached hydrogens (tertiary/aromatic N) is 3. The molecule has 5 heteroatoms. The van der Waals surface area contributed by atoms with Gasteiger partial charge in [0.1, 0.15) is 0 Å². The lowest BCUT2D eigenvalue weighted by Gasteiger charge is -2.34. The normalized spacial score (nSPS) is 12.3. The van der Waals surface area contributed by atoms with Crippen molar-refractivity contribution in [3.8, 4) is 27.9 Å². The first kappa shape index (κ1) is 39.8. The molecule has 0 bridgehead atoms. The van der Waals surface area contributed by atoms with Gasteiger partial charge in [-0.05, 0) is 107 Å². The van der Waals surface area contributed by atoms with Crippen molar-refractivity contribution in [3.05, 3.63) is 249 Å². The fraction of sp³-hybridized carbons (Fsp3) is 0. The summed E-state index contributed by atoms with van der Waals surface area (Å²) >= 11 is 3.71. The molecule has 0 aliphatic carbocycles. The highest BCUT2D eigenvalue weighted by Crippen LogP contribution is 2.53. The van der Waals surface area contributed by atoms with Crippen LogP contribution < -0.4 is 9.80 Å². The summed E-state index contributed by atoms with van der Waals surface area (Å²) in [6.07, 6.45) is 0. The van der Waals surface area contributed by atoms with E-state index in [0.717, 1.165) is 39.8 Å². The van der Waals surface area contributed by atoms with E-state index in [1.54, 1.807) is 0 Å². The maximum Gasteiger partial charge on any atom is 0.0601 e. The number of thiophene rings is 1. The molecule has 324 valence electrons. The minimum Gasteiger partial charge on any atom is -0.310 e. The van der Waals surface area contributed by atoms with Gasteiger partial charge in [-0.1, -0.05) is 182 Å². The number of benzene rings is 11. The quantitative estimate of drug-likeness (QED) is 0.158. The number of aromatic nitrogens is 1. The van der Waals surface area contributed by atoms with Crippen molar-refractivity contribution in [1.29, 1.82) is 0 Å². The molecular weight excluding hydrogens is 875 g/mol. The Balaban J connectivity index is 1.05. The number of hydrogen-bond acceptors (Lipinski definition) is 4. The second-order valence-electron chi connectivity index (χ2n) is 17.7. The van der Waals surface area contributed by atoms with E-state index in [1.807, 2.05) is 23.1 Å². The maximum atomic E-state index is 2.48. The molecule has 0 spiro atoms. The van der Waals surface area contributed by atoms with Crippen LogP contribution in [0.5, 0.6) is 0 Å². The molecule has 69 heavy (non-hydrogen) atoms. The Morgan fingerprint density at radius 3 is 1.64 bits per heavy atom. The molecule has 0 amide bonds. The Labute approximate surface area is 408 Å². The van der Waals surface area contributed by atoms with Gasteiger partial charge < -0.3 is 14.4 Å². The van der Waals surface area contributed by atoms with Gasteiger partial charge in [0.25, 0.3) is 0 Å². The molecule has 2 aromatic heterocycles. The molecule has 14 rings (SSSR count). The lowest BCUT2D eigenvalue weighted by Crippen LogP contribution is -2.17. The average molecular weight is 916 g/mol. The van der Waals surface area contributed by atoms with E-state index < -0.39 is 0 Å². The van der Waals surface area contributed by atoms with Gasteiger partial charge >= 0.3 is 0 Å². The molecule has 0 N–H and O–H groups in total. The van der Waals surface area contributed by atoms with Crippen molar-refractivity contribution < 1.29 is 0 Å². The molecule has 1 aliphatic rings. The van der Waals surface area contributed by atoms with Gasteiger partial charge in [-0.3, -0.25) is 0 Å². The van der Waals surface area contributed by atoms with Gasteiger partial charge in [0.05, 0.1) is 45.2 Å². The molecule has 0 unspecified atom stereocenters. The number of anilines is 6. The highest BCUT2D eigenvalue weighted by molar-refractivity contribution is 7.99. The molecule has 13 aromatic rings. The van der Waals surface area contributed by atoms with Crippen LogP contribution in [0.15, 0.2) is 259 Å². The van der Waals surface area contributed by atoms with Crippen LogP contribution in [0.4, 0.5) is 34.1 Å². The fourth-order valence-electron chi connectivity index (χ4n) is 10.7. The predicted octanol–water partition coefficient (Wildman–Crippen LogP) is 19.0. The zero-order valence-corrected chi connectivity index (χ0v) is 39.0. The van der Waals surface area contributed by atoms with Gasteiger partial charge in [-0.2, -0.15) is 0 Å². The van der Waals surface area contributed by atoms with Crippen LogP contribution in [0.2, 0.25) is 0 Å². The van der Waals surface area contributed by atoms with Gasteiger partial charge in [-0.25, -0.2) is 0 Å². The molecule has 3 nitrogen and oxygen atoms in total. The van der Waals surface area contributed by atoms with E-state index in [0.29, 0.717) is 0 Å². The van der Waals surface area contributed by atoms with Crippen molar-refractivity contribution in [2.24, 2.45) is 0 Å². The minimum absolute atomic E-state index is 1.05. The third-order valence-corrected chi connectivity index (χ3v) is 16.1. The molecule has 0 fully saturated rings. The average Bonchev–Trinajstić information content (AvgIpc) is 3.97. The van der Waals surface area contributed by atoms with Crippen molar-refractivity contribution >= 4 is 110 Å². The molecular formula is C64H41N3S2. The monoisotopic (exact) mass is 915 g/mol. The van der Waals surface area contributed by atoms with Crippen LogP contribution in [0.3, 0.4) is 0 Å². The Morgan fingerprint density at radius 2 is 0.913 bits per heavy atom. The van der Waals surface area contributed by atoms with Crippen molar-refractivity contribution in [1.82, 2.24) is 4.57 Å². The summed E-state index contributed by atoms with van der Waals surface area (Å²) in [5.41, 5.74) is 14.9. The summed E-state index contributed by atoms with van der Waals surface area (Å²) in [5.74, 6) is 0. The van der Waals surface area contributed by atoms with Crippen LogP contribution in [0.1, 0.15) is 0 Å². The summed E-state index contributed by atoms with van der Waals surface area (Å²) < 4.78 is 5.08. The van der Waals surface area contributed by atoms with E-state index in [9.17, 15) is 0 Å². The third kappa shape index (κ3) is 6.50. The molecule has 11 aromatic carbocycles. The molecule has 0 saturated heterocycles. The summed E-state index contributed by atoms with van der Waals surface area (Å²) in [5, 5.41) is 7.45. The highest BCUT2D eigenvalue weighted by atomic mass is 32.2. The van der Waals surface area contributed by atoms with E-state index in [-0.39, 0.29) is 0 Å². The Bertz CT molecular complexity index is 4030. The zero-order chi connectivity index (χ0) is 45.4. The minimum atomic E-state index is 1.05. The molecule has 0 radical (unpaired) electrons. The Kier molecular flexibility index (Phi) is 9.32. The number of fused-ring (bicyclic) bond motifs is 9. The second kappa shape index (κ2) is 16.2. The van der Waals surface area contributed by atoms with Gasteiger partial charge in [0.2, 0.25) is 0 Å². The van der Waals surface area contributed by atoms with E-state index in [2.05, 4.69) is 263 Å². The van der Waals surface area contributed by atoms with Crippen LogP contribution in [-0.4, -0.2) is 4.57 Å². The molecule has 1 aliphatic heterocycles. The van der Waals surface area contributed by atoms with Crippen LogP contribution in [-0.2, 0) is 0 Å². The summed E-state index contributed by atoms with van der Waals surface area (Å²) in [4.78, 5) is 7.40. The van der Waals surface area contributed by atoms with Crippen LogP contribution in [0, 0.1) is 0 Å². The third-order valence-electron chi connectivity index (χ3n) is 13.7. The lowest BCUT2D eigenvalue weighted by molar-refractivity contribution is 1.13. The number of hydrogen-bond donors (Lipinski definition) is 0. The first-order valence-electron chi connectivity index (χ1n) is 23.4. The zero-order valence-electron chi connectivity index (χ0n) is 37.3. The molecule has 0 saturated carbocycles. The highest BCUT2D eigenvalue weighted by Gasteiger charge is 2.28. The van der Waals surface area contributed by atoms with E-state index >= 15 is 0 Å². The smallest absolute Gasteiger partial charge is 0.0601 e.